The van der Waals surface area contributed by atoms with E-state index in [2.05, 4.69) is 0 Å². The molecule has 0 heterocycles. The maximum Gasteiger partial charge on any atom is 0.244 e. The van der Waals surface area contributed by atoms with Gasteiger partial charge in [0.25, 0.3) is 0 Å². The number of nitrogens with one attached hydrogen (secondary N) is 1. The molecule has 1 fully saturated rings. The summed E-state index contributed by atoms with van der Waals surface area (Å²) in [4.78, 5) is 21.6. The summed E-state index contributed by atoms with van der Waals surface area (Å²) in [5.74, 6) is -0.471. The van der Waals surface area contributed by atoms with Crippen LogP contribution in [0.3, 0.4) is 0 Å². The second-order valence-electron chi connectivity index (χ2n) is 2.79. The maximum atomic E-state index is 11.0. The third-order valence-electron chi connectivity index (χ3n) is 1.99. The van der Waals surface area contributed by atoms with E-state index in [4.69, 9.17) is 5.21 Å². The zero-order valence-electron chi connectivity index (χ0n) is 6.17. The highest BCUT2D eigenvalue weighted by Gasteiger charge is 2.26. The molecule has 0 aromatic rings. The molecular formula is C7H11NO3. The monoisotopic (exact) mass is 157 g/mol. The van der Waals surface area contributed by atoms with Gasteiger partial charge in [-0.25, -0.2) is 5.48 Å². The smallest absolute Gasteiger partial charge is 0.244 e. The van der Waals surface area contributed by atoms with Crippen LogP contribution < -0.4 is 5.48 Å². The number of Topliss-reactive ketones (excluding diaryl/α,β-unsaturated/α-hetero) is 1. The zero-order chi connectivity index (χ0) is 8.27. The highest BCUT2D eigenvalue weighted by atomic mass is 16.5. The standard InChI is InChI=1S/C7H11NO3/c9-6-3-1-2-5(6)4-7(10)8-11/h5,11H,1-4H2,(H,8,10). The van der Waals surface area contributed by atoms with Crippen LogP contribution in [0.2, 0.25) is 0 Å². The van der Waals surface area contributed by atoms with Gasteiger partial charge >= 0.3 is 0 Å². The summed E-state index contributed by atoms with van der Waals surface area (Å²) < 4.78 is 0. The summed E-state index contributed by atoms with van der Waals surface area (Å²) >= 11 is 0. The van der Waals surface area contributed by atoms with Crippen molar-refractivity contribution < 1.29 is 14.8 Å². The van der Waals surface area contributed by atoms with Crippen LogP contribution >= 0.6 is 0 Å². The molecule has 1 atom stereocenters. The normalized spacial score (nSPS) is 23.7. The SMILES string of the molecule is O=C(CC1CCCC1=O)NO. The number of hydrogen-bond donors (Lipinski definition) is 2. The van der Waals surface area contributed by atoms with E-state index >= 15 is 0 Å². The first-order chi connectivity index (χ1) is 5.24. The molecule has 0 aliphatic heterocycles. The molecule has 1 rings (SSSR count). The van der Waals surface area contributed by atoms with Gasteiger partial charge < -0.3 is 0 Å². The van der Waals surface area contributed by atoms with Gasteiger partial charge in [0.1, 0.15) is 5.78 Å². The van der Waals surface area contributed by atoms with Gasteiger partial charge in [0, 0.05) is 18.8 Å². The van der Waals surface area contributed by atoms with Crippen LogP contribution in [0.5, 0.6) is 0 Å². The van der Waals surface area contributed by atoms with Crippen LogP contribution in [0.4, 0.5) is 0 Å². The molecule has 1 amide bonds. The van der Waals surface area contributed by atoms with Crippen molar-refractivity contribution in [1.29, 1.82) is 0 Å². The lowest BCUT2D eigenvalue weighted by atomic mass is 10.0. The van der Waals surface area contributed by atoms with Gasteiger partial charge in [-0.1, -0.05) is 0 Å². The van der Waals surface area contributed by atoms with E-state index in [-0.39, 0.29) is 18.1 Å². The van der Waals surface area contributed by atoms with Crippen LogP contribution in [0, 0.1) is 5.92 Å². The van der Waals surface area contributed by atoms with E-state index in [9.17, 15) is 9.59 Å². The summed E-state index contributed by atoms with van der Waals surface area (Å²) in [5.41, 5.74) is 1.52. The Hall–Kier alpha value is -0.900. The van der Waals surface area contributed by atoms with Gasteiger partial charge in [0.2, 0.25) is 5.91 Å². The molecule has 62 valence electrons. The molecule has 0 aromatic carbocycles. The molecule has 2 N–H and O–H groups in total. The van der Waals surface area contributed by atoms with Crippen molar-refractivity contribution in [3.63, 3.8) is 0 Å². The largest absolute Gasteiger partial charge is 0.299 e. The Kier molecular flexibility index (Phi) is 2.59. The minimum atomic E-state index is -0.467. The zero-order valence-corrected chi connectivity index (χ0v) is 6.17. The van der Waals surface area contributed by atoms with Crippen molar-refractivity contribution in [3.8, 4) is 0 Å². The van der Waals surface area contributed by atoms with Crippen LogP contribution in [0.1, 0.15) is 25.7 Å². The molecular weight excluding hydrogens is 146 g/mol. The lowest BCUT2D eigenvalue weighted by molar-refractivity contribution is -0.133. The fourth-order valence-electron chi connectivity index (χ4n) is 1.37. The average molecular weight is 157 g/mol. The van der Waals surface area contributed by atoms with Gasteiger partial charge in [-0.15, -0.1) is 0 Å². The quantitative estimate of drug-likeness (QED) is 0.446. The first-order valence-electron chi connectivity index (χ1n) is 3.69. The van der Waals surface area contributed by atoms with Gasteiger partial charge in [0.15, 0.2) is 0 Å². The number of hydroxylamine groups is 1. The number of amides is 1. The van der Waals surface area contributed by atoms with Crippen molar-refractivity contribution in [2.24, 2.45) is 5.92 Å². The Labute approximate surface area is 64.5 Å². The van der Waals surface area contributed by atoms with Crippen LogP contribution in [-0.2, 0) is 9.59 Å². The number of rotatable bonds is 2. The highest BCUT2D eigenvalue weighted by Crippen LogP contribution is 2.23. The minimum Gasteiger partial charge on any atom is -0.299 e. The van der Waals surface area contributed by atoms with E-state index in [1.165, 1.54) is 5.48 Å². The molecule has 0 aromatic heterocycles. The van der Waals surface area contributed by atoms with Crippen molar-refractivity contribution in [1.82, 2.24) is 5.48 Å². The first-order valence-corrected chi connectivity index (χ1v) is 3.69. The maximum absolute atomic E-state index is 11.0. The fraction of sp³-hybridized carbons (Fsp3) is 0.714. The molecule has 4 nitrogen and oxygen atoms in total. The fourth-order valence-corrected chi connectivity index (χ4v) is 1.37. The third-order valence-corrected chi connectivity index (χ3v) is 1.99. The second kappa shape index (κ2) is 3.48. The highest BCUT2D eigenvalue weighted by molar-refractivity contribution is 5.87. The molecule has 1 aliphatic carbocycles. The Bertz CT molecular complexity index is 179. The van der Waals surface area contributed by atoms with E-state index in [1.807, 2.05) is 0 Å². The lowest BCUT2D eigenvalue weighted by Gasteiger charge is -2.03. The molecule has 0 radical (unpaired) electrons. The van der Waals surface area contributed by atoms with E-state index in [1.54, 1.807) is 0 Å². The Morgan fingerprint density at radius 2 is 2.45 bits per heavy atom. The molecule has 11 heavy (non-hydrogen) atoms. The van der Waals surface area contributed by atoms with Gasteiger partial charge in [0.05, 0.1) is 0 Å². The predicted octanol–water partition coefficient (Wildman–Crippen LogP) is 0.251. The summed E-state index contributed by atoms with van der Waals surface area (Å²) in [6.45, 7) is 0. The number of carbonyl (C=O) groups excluding carboxylic acids is 2. The van der Waals surface area contributed by atoms with Crippen molar-refractivity contribution >= 4 is 11.7 Å². The van der Waals surface area contributed by atoms with Gasteiger partial charge in [-0.3, -0.25) is 14.8 Å². The van der Waals surface area contributed by atoms with E-state index in [0.717, 1.165) is 12.8 Å². The Morgan fingerprint density at radius 3 is 2.91 bits per heavy atom. The van der Waals surface area contributed by atoms with Gasteiger partial charge in [-0.05, 0) is 12.8 Å². The third kappa shape index (κ3) is 2.01. The molecule has 0 saturated heterocycles. The van der Waals surface area contributed by atoms with Crippen molar-refractivity contribution in [2.45, 2.75) is 25.7 Å². The number of carbonyl (C=O) groups is 2. The average Bonchev–Trinajstić information content (AvgIpc) is 2.37. The molecule has 0 bridgehead atoms. The van der Waals surface area contributed by atoms with E-state index < -0.39 is 5.91 Å². The summed E-state index contributed by atoms with van der Waals surface area (Å²) in [5, 5.41) is 8.17. The number of hydrogen-bond acceptors (Lipinski definition) is 3. The van der Waals surface area contributed by atoms with Crippen LogP contribution in [0.25, 0.3) is 0 Å². The number of ketones is 1. The van der Waals surface area contributed by atoms with Crippen LogP contribution in [-0.4, -0.2) is 16.9 Å². The van der Waals surface area contributed by atoms with Crippen molar-refractivity contribution in [3.05, 3.63) is 0 Å². The topological polar surface area (TPSA) is 66.4 Å². The summed E-state index contributed by atoms with van der Waals surface area (Å²) in [6.07, 6.45) is 2.38. The first kappa shape index (κ1) is 8.20. The molecule has 1 unspecified atom stereocenters. The lowest BCUT2D eigenvalue weighted by Crippen LogP contribution is -2.23. The van der Waals surface area contributed by atoms with Crippen molar-refractivity contribution in [2.75, 3.05) is 0 Å². The predicted molar refractivity (Wildman–Crippen MR) is 36.9 cm³/mol. The summed E-state index contributed by atoms with van der Waals surface area (Å²) in [7, 11) is 0. The summed E-state index contributed by atoms with van der Waals surface area (Å²) in [6, 6.07) is 0. The molecule has 4 heteroatoms. The minimum absolute atomic E-state index is 0.134. The van der Waals surface area contributed by atoms with E-state index in [0.29, 0.717) is 6.42 Å². The Balaban J connectivity index is 2.36. The molecule has 0 spiro atoms. The molecule has 1 saturated carbocycles. The van der Waals surface area contributed by atoms with Gasteiger partial charge in [-0.2, -0.15) is 0 Å². The van der Waals surface area contributed by atoms with Crippen LogP contribution in [0.15, 0.2) is 0 Å². The second-order valence-corrected chi connectivity index (χ2v) is 2.79. The molecule has 1 aliphatic rings. The Morgan fingerprint density at radius 1 is 1.73 bits per heavy atom.